The molecule has 9 nitrogen and oxygen atoms in total. The van der Waals surface area contributed by atoms with Gasteiger partial charge in [0.1, 0.15) is 5.82 Å². The number of aromatic nitrogens is 2. The third kappa shape index (κ3) is 5.97. The molecular formula is C28H33F3N6O3S. The van der Waals surface area contributed by atoms with Crippen molar-refractivity contribution < 1.29 is 22.7 Å². The van der Waals surface area contributed by atoms with Crippen molar-refractivity contribution >= 4 is 33.8 Å². The van der Waals surface area contributed by atoms with Gasteiger partial charge in [0.15, 0.2) is 5.13 Å². The van der Waals surface area contributed by atoms with Crippen LogP contribution in [0, 0.1) is 5.82 Å². The Bertz CT molecular complexity index is 1480. The Labute approximate surface area is 240 Å². The summed E-state index contributed by atoms with van der Waals surface area (Å²) in [4.78, 5) is 36.8. The number of aryl methyl sites for hydroxylation is 1. The molecule has 13 heteroatoms. The molecule has 4 heterocycles. The van der Waals surface area contributed by atoms with Gasteiger partial charge in [-0.3, -0.25) is 14.5 Å². The maximum atomic E-state index is 15.8. The normalized spacial score (nSPS) is 20.1. The standard InChI is InChI=1S/C28H33F3N6O3S/c1-16-13-37(14-17(2)35(16)4)23-11-21(29)19(24-12-32-28(41-24)36-5-7-40-8-6-36)9-22(23)33-27(39)20-15-34(3)25(38)10-18(20)26(30)31/h9-12,15-17,26H,5-8,13-14H2,1-4H3,(H,33,39)/t16-,17+. The summed E-state index contributed by atoms with van der Waals surface area (Å²) in [6.07, 6.45) is -0.328. The first-order valence-electron chi connectivity index (χ1n) is 13.4. The van der Waals surface area contributed by atoms with Gasteiger partial charge in [0.25, 0.3) is 17.9 Å². The number of amides is 1. The number of alkyl halides is 2. The van der Waals surface area contributed by atoms with E-state index in [2.05, 4.69) is 33.9 Å². The summed E-state index contributed by atoms with van der Waals surface area (Å²) in [5.41, 5.74) is -0.659. The molecule has 3 aromatic rings. The molecule has 1 amide bonds. The number of hydrogen-bond acceptors (Lipinski definition) is 8. The summed E-state index contributed by atoms with van der Waals surface area (Å²) in [6.45, 7) is 7.82. The van der Waals surface area contributed by atoms with Crippen molar-refractivity contribution in [3.63, 3.8) is 0 Å². The number of halogens is 3. The lowest BCUT2D eigenvalue weighted by Gasteiger charge is -2.44. The number of nitrogens with one attached hydrogen (secondary N) is 1. The number of ether oxygens (including phenoxy) is 1. The number of nitrogens with zero attached hydrogens (tertiary/aromatic N) is 5. The van der Waals surface area contributed by atoms with Gasteiger partial charge in [0, 0.05) is 74.9 Å². The molecule has 5 rings (SSSR count). The van der Waals surface area contributed by atoms with Gasteiger partial charge in [0.2, 0.25) is 0 Å². The van der Waals surface area contributed by atoms with E-state index >= 15 is 4.39 Å². The number of benzene rings is 1. The van der Waals surface area contributed by atoms with Crippen LogP contribution in [-0.4, -0.2) is 78.9 Å². The Morgan fingerprint density at radius 1 is 1.10 bits per heavy atom. The average Bonchev–Trinajstić information content (AvgIpc) is 3.44. The van der Waals surface area contributed by atoms with Gasteiger partial charge >= 0.3 is 0 Å². The van der Waals surface area contributed by atoms with Crippen LogP contribution in [0.4, 0.5) is 29.7 Å². The van der Waals surface area contributed by atoms with E-state index in [-0.39, 0.29) is 28.9 Å². The number of pyridine rings is 1. The van der Waals surface area contributed by atoms with Gasteiger partial charge in [0.05, 0.1) is 35.0 Å². The summed E-state index contributed by atoms with van der Waals surface area (Å²) in [5, 5.41) is 3.50. The molecular weight excluding hydrogens is 557 g/mol. The average molecular weight is 591 g/mol. The molecule has 0 radical (unpaired) electrons. The minimum Gasteiger partial charge on any atom is -0.378 e. The molecule has 0 bridgehead atoms. The number of carbonyl (C=O) groups is 1. The second-order valence-electron chi connectivity index (χ2n) is 10.6. The van der Waals surface area contributed by atoms with Gasteiger partial charge in [-0.2, -0.15) is 0 Å². The Hall–Kier alpha value is -3.42. The van der Waals surface area contributed by atoms with Crippen LogP contribution in [0.3, 0.4) is 0 Å². The van der Waals surface area contributed by atoms with Crippen LogP contribution in [-0.2, 0) is 11.8 Å². The van der Waals surface area contributed by atoms with Crippen LogP contribution in [0.5, 0.6) is 0 Å². The summed E-state index contributed by atoms with van der Waals surface area (Å²) >= 11 is 1.33. The molecule has 2 saturated heterocycles. The molecule has 1 N–H and O–H groups in total. The predicted molar refractivity (Wildman–Crippen MR) is 154 cm³/mol. The summed E-state index contributed by atoms with van der Waals surface area (Å²) in [5.74, 6) is -1.30. The maximum Gasteiger partial charge on any atom is 0.264 e. The first-order valence-corrected chi connectivity index (χ1v) is 14.2. The third-order valence-electron chi connectivity index (χ3n) is 7.81. The molecule has 2 aromatic heterocycles. The SMILES string of the molecule is C[C@@H]1CN(c2cc(F)c(-c3cnc(N4CCOCC4)s3)cc2NC(=O)c2cn(C)c(=O)cc2C(F)F)C[C@H](C)N1C. The van der Waals surface area contributed by atoms with Crippen LogP contribution in [0.1, 0.15) is 36.2 Å². The van der Waals surface area contributed by atoms with E-state index in [0.717, 1.165) is 22.0 Å². The fourth-order valence-corrected chi connectivity index (χ4v) is 6.19. The number of anilines is 3. The maximum absolute atomic E-state index is 15.8. The Morgan fingerprint density at radius 2 is 1.78 bits per heavy atom. The second kappa shape index (κ2) is 11.8. The Morgan fingerprint density at radius 3 is 2.44 bits per heavy atom. The first kappa shape index (κ1) is 29.1. The smallest absolute Gasteiger partial charge is 0.264 e. The van der Waals surface area contributed by atoms with Crippen molar-refractivity contribution in [2.45, 2.75) is 32.4 Å². The first-order chi connectivity index (χ1) is 19.5. The highest BCUT2D eigenvalue weighted by Gasteiger charge is 2.30. The van der Waals surface area contributed by atoms with Crippen molar-refractivity contribution in [3.8, 4) is 10.4 Å². The zero-order valence-electron chi connectivity index (χ0n) is 23.4. The largest absolute Gasteiger partial charge is 0.378 e. The highest BCUT2D eigenvalue weighted by atomic mass is 32.1. The van der Waals surface area contributed by atoms with Crippen LogP contribution >= 0.6 is 11.3 Å². The quantitative estimate of drug-likeness (QED) is 0.461. The van der Waals surface area contributed by atoms with Crippen molar-refractivity contribution in [1.29, 1.82) is 0 Å². The van der Waals surface area contributed by atoms with Crippen LogP contribution < -0.4 is 20.7 Å². The number of rotatable bonds is 6. The summed E-state index contributed by atoms with van der Waals surface area (Å²) < 4.78 is 49.9. The highest BCUT2D eigenvalue weighted by molar-refractivity contribution is 7.18. The molecule has 2 atom stereocenters. The summed E-state index contributed by atoms with van der Waals surface area (Å²) in [6, 6.07) is 3.99. The molecule has 220 valence electrons. The van der Waals surface area contributed by atoms with Gasteiger partial charge in [-0.15, -0.1) is 0 Å². The van der Waals surface area contributed by atoms with E-state index in [1.807, 2.05) is 11.9 Å². The number of likely N-dealkylation sites (N-methyl/N-ethyl adjacent to an activating group) is 1. The topological polar surface area (TPSA) is 82.9 Å². The van der Waals surface area contributed by atoms with Gasteiger partial charge in [-0.1, -0.05) is 11.3 Å². The third-order valence-corrected chi connectivity index (χ3v) is 8.91. The van der Waals surface area contributed by atoms with E-state index in [1.165, 1.54) is 30.5 Å². The van der Waals surface area contributed by atoms with Crippen molar-refractivity contribution in [2.75, 3.05) is 61.6 Å². The van der Waals surface area contributed by atoms with Crippen molar-refractivity contribution in [3.05, 3.63) is 57.9 Å². The van der Waals surface area contributed by atoms with Gasteiger partial charge in [-0.05, 0) is 33.0 Å². The Kier molecular flexibility index (Phi) is 8.39. The molecule has 2 aliphatic rings. The van der Waals surface area contributed by atoms with Crippen molar-refractivity contribution in [2.24, 2.45) is 7.05 Å². The molecule has 2 aliphatic heterocycles. The van der Waals surface area contributed by atoms with Crippen molar-refractivity contribution in [1.82, 2.24) is 14.5 Å². The summed E-state index contributed by atoms with van der Waals surface area (Å²) in [7, 11) is 3.42. The molecule has 0 spiro atoms. The lowest BCUT2D eigenvalue weighted by atomic mass is 10.0. The van der Waals surface area contributed by atoms with E-state index in [1.54, 1.807) is 6.20 Å². The molecule has 41 heavy (non-hydrogen) atoms. The molecule has 2 fully saturated rings. The molecule has 0 aliphatic carbocycles. The number of morpholine rings is 1. The van der Waals surface area contributed by atoms with E-state index in [4.69, 9.17) is 4.74 Å². The monoisotopic (exact) mass is 590 g/mol. The lowest BCUT2D eigenvalue weighted by molar-refractivity contribution is 0.101. The predicted octanol–water partition coefficient (Wildman–Crippen LogP) is 4.20. The Balaban J connectivity index is 1.56. The van der Waals surface area contributed by atoms with E-state index < -0.39 is 29.3 Å². The van der Waals surface area contributed by atoms with Gasteiger partial charge < -0.3 is 24.4 Å². The van der Waals surface area contributed by atoms with Crippen LogP contribution in [0.2, 0.25) is 0 Å². The highest BCUT2D eigenvalue weighted by Crippen LogP contribution is 2.39. The number of thiazole rings is 1. The fraction of sp³-hybridized carbons (Fsp3) is 0.464. The number of hydrogen-bond donors (Lipinski definition) is 1. The lowest BCUT2D eigenvalue weighted by Crippen LogP contribution is -2.55. The van der Waals surface area contributed by atoms with Crippen LogP contribution in [0.15, 0.2) is 35.4 Å². The zero-order chi connectivity index (χ0) is 29.4. The fourth-order valence-electron chi connectivity index (χ4n) is 5.21. The van der Waals surface area contributed by atoms with E-state index in [0.29, 0.717) is 50.0 Å². The minimum atomic E-state index is -3.02. The second-order valence-corrected chi connectivity index (χ2v) is 11.6. The van der Waals surface area contributed by atoms with Gasteiger partial charge in [-0.25, -0.2) is 18.2 Å². The molecule has 0 unspecified atom stereocenters. The minimum absolute atomic E-state index is 0.150. The number of carbonyl (C=O) groups excluding carboxylic acids is 1. The van der Waals surface area contributed by atoms with E-state index in [9.17, 15) is 18.4 Å². The molecule has 1 aromatic carbocycles. The zero-order valence-corrected chi connectivity index (χ0v) is 24.2. The van der Waals surface area contributed by atoms with Crippen LogP contribution in [0.25, 0.3) is 10.4 Å². The molecule has 0 saturated carbocycles. The number of piperazine rings is 1.